The zero-order chi connectivity index (χ0) is 34.3. The molecule has 8 nitrogen and oxygen atoms in total. The summed E-state index contributed by atoms with van der Waals surface area (Å²) in [6, 6.07) is 8.59. The molecule has 4 heterocycles. The average Bonchev–Trinajstić information content (AvgIpc) is 3.51. The molecule has 2 aliphatic carbocycles. The number of methoxy groups -OCH3 is 2. The zero-order valence-corrected chi connectivity index (χ0v) is 30.1. The summed E-state index contributed by atoms with van der Waals surface area (Å²) in [6.07, 6.45) is 21.2. The topological polar surface area (TPSA) is 83.9 Å². The molecule has 4 aliphatic heterocycles. The van der Waals surface area contributed by atoms with Crippen molar-refractivity contribution in [2.75, 3.05) is 40.4 Å². The number of aliphatic hydroxyl groups is 2. The highest BCUT2D eigenvalue weighted by molar-refractivity contribution is 5.62. The Morgan fingerprint density at radius 2 is 1.06 bits per heavy atom. The highest BCUT2D eigenvalue weighted by atomic mass is 16.5. The molecule has 0 bridgehead atoms. The maximum absolute atomic E-state index is 10.4. The fourth-order valence-corrected chi connectivity index (χ4v) is 10.1. The summed E-state index contributed by atoms with van der Waals surface area (Å²) in [4.78, 5) is 5.27. The molecule has 6 aliphatic rings. The Kier molecular flexibility index (Phi) is 9.66. The minimum absolute atomic E-state index is 0.0267. The summed E-state index contributed by atoms with van der Waals surface area (Å²) in [5.74, 6) is 3.41. The molecule has 0 saturated carbocycles. The normalized spacial score (nSPS) is 30.7. The molecule has 0 fully saturated rings. The Balaban J connectivity index is 0.763. The fraction of sp³-hybridized carbons (Fsp3) is 0.619. The average molecular weight is 685 g/mol. The highest BCUT2D eigenvalue weighted by Gasteiger charge is 2.54. The molecule has 8 rings (SSSR count). The Hall–Kier alpha value is -3.04. The van der Waals surface area contributed by atoms with Crippen molar-refractivity contribution in [1.29, 1.82) is 0 Å². The van der Waals surface area contributed by atoms with Gasteiger partial charge >= 0.3 is 0 Å². The molecule has 2 aromatic rings. The van der Waals surface area contributed by atoms with E-state index in [-0.39, 0.29) is 23.0 Å². The van der Waals surface area contributed by atoms with Crippen LogP contribution in [0.1, 0.15) is 99.3 Å². The third-order valence-electron chi connectivity index (χ3n) is 12.8. The van der Waals surface area contributed by atoms with E-state index in [2.05, 4.69) is 46.2 Å². The minimum Gasteiger partial charge on any atom is -0.493 e. The lowest BCUT2D eigenvalue weighted by Gasteiger charge is -2.36. The van der Waals surface area contributed by atoms with Gasteiger partial charge < -0.3 is 29.2 Å². The molecule has 0 aromatic heterocycles. The van der Waals surface area contributed by atoms with Gasteiger partial charge in [-0.25, -0.2) is 0 Å². The molecular formula is C42H56N2O6. The summed E-state index contributed by atoms with van der Waals surface area (Å²) in [6.45, 7) is 6.26. The Bertz CT molecular complexity index is 1490. The third-order valence-corrected chi connectivity index (χ3v) is 12.8. The van der Waals surface area contributed by atoms with Crippen LogP contribution in [0.2, 0.25) is 0 Å². The first-order valence-electron chi connectivity index (χ1n) is 19.4. The number of hydrogen-bond acceptors (Lipinski definition) is 8. The van der Waals surface area contributed by atoms with E-state index in [1.54, 1.807) is 14.2 Å². The van der Waals surface area contributed by atoms with Crippen LogP contribution in [0.5, 0.6) is 23.0 Å². The van der Waals surface area contributed by atoms with Crippen LogP contribution in [0, 0.1) is 0 Å². The van der Waals surface area contributed by atoms with Gasteiger partial charge in [0.2, 0.25) is 0 Å². The van der Waals surface area contributed by atoms with Crippen molar-refractivity contribution in [3.05, 3.63) is 70.8 Å². The van der Waals surface area contributed by atoms with Crippen molar-refractivity contribution in [3.63, 3.8) is 0 Å². The molecule has 2 N–H and O–H groups in total. The van der Waals surface area contributed by atoms with E-state index in [1.165, 1.54) is 73.6 Å². The maximum atomic E-state index is 10.4. The molecule has 50 heavy (non-hydrogen) atoms. The zero-order valence-electron chi connectivity index (χ0n) is 30.1. The van der Waals surface area contributed by atoms with E-state index in [1.807, 2.05) is 12.2 Å². The maximum Gasteiger partial charge on any atom is 0.166 e. The van der Waals surface area contributed by atoms with E-state index in [9.17, 15) is 10.2 Å². The van der Waals surface area contributed by atoms with Crippen LogP contribution in [0.15, 0.2) is 48.6 Å². The lowest BCUT2D eigenvalue weighted by atomic mass is 9.69. The van der Waals surface area contributed by atoms with Crippen molar-refractivity contribution in [2.24, 2.45) is 0 Å². The van der Waals surface area contributed by atoms with Crippen LogP contribution >= 0.6 is 0 Å². The molecule has 270 valence electrons. The number of nitrogens with zero attached hydrogens (tertiary/aromatic N) is 2. The first-order valence-corrected chi connectivity index (χ1v) is 19.4. The van der Waals surface area contributed by atoms with Crippen LogP contribution in [0.4, 0.5) is 0 Å². The van der Waals surface area contributed by atoms with Crippen LogP contribution < -0.4 is 18.9 Å². The Labute approximate surface area is 298 Å². The summed E-state index contributed by atoms with van der Waals surface area (Å²) < 4.78 is 24.4. The van der Waals surface area contributed by atoms with Crippen LogP contribution in [0.25, 0.3) is 0 Å². The van der Waals surface area contributed by atoms with Gasteiger partial charge in [0, 0.05) is 37.1 Å². The van der Waals surface area contributed by atoms with E-state index >= 15 is 0 Å². The van der Waals surface area contributed by atoms with Crippen molar-refractivity contribution in [2.45, 2.75) is 125 Å². The smallest absolute Gasteiger partial charge is 0.166 e. The lowest BCUT2D eigenvalue weighted by molar-refractivity contribution is 0.0806. The van der Waals surface area contributed by atoms with Gasteiger partial charge in [-0.1, -0.05) is 75.0 Å². The quantitative estimate of drug-likeness (QED) is 0.181. The molecular weight excluding hydrogens is 628 g/mol. The molecule has 0 saturated heterocycles. The van der Waals surface area contributed by atoms with Gasteiger partial charge in [0.05, 0.1) is 37.3 Å². The van der Waals surface area contributed by atoms with Gasteiger partial charge in [0.25, 0.3) is 0 Å². The third kappa shape index (κ3) is 6.04. The first kappa shape index (κ1) is 34.1. The molecule has 0 unspecified atom stereocenters. The lowest BCUT2D eigenvalue weighted by Crippen LogP contribution is -2.43. The number of ether oxygens (including phenoxy) is 4. The number of aliphatic hydroxyl groups excluding tert-OH is 2. The monoisotopic (exact) mass is 684 g/mol. The summed E-state index contributed by atoms with van der Waals surface area (Å²) >= 11 is 0. The van der Waals surface area contributed by atoms with E-state index in [0.29, 0.717) is 12.8 Å². The minimum atomic E-state index is -0.442. The van der Waals surface area contributed by atoms with E-state index in [4.69, 9.17) is 18.9 Å². The SMILES string of the molecule is COc1ccc2c3c1O[C@H]1C[C@@H](O)C=C[C@@]31CCN(CCCCCCCCCCN1CC[C@@]34C=C[C@H](O)C[C@@H]3Oc3c(OC)ccc(c34)C1)C2. The molecule has 6 atom stereocenters. The molecule has 8 heteroatoms. The predicted octanol–water partition coefficient (Wildman–Crippen LogP) is 6.58. The van der Waals surface area contributed by atoms with Crippen molar-refractivity contribution >= 4 is 0 Å². The standard InChI is InChI=1S/C42H56N2O6/c1-47-33-13-11-29-27-43(23-19-41-17-15-31(45)25-35(41)49-39(33)37(29)41)21-9-7-5-3-4-6-8-10-22-44-24-20-42-18-16-32(46)26-36(42)50-40-34(48-2)14-12-30(28-44)38(40)42/h11-18,31-32,35-36,45-46H,3-10,19-28H2,1-2H3/t31-,32-,35-,36-,41-,42-/m0/s1. The molecule has 2 aromatic carbocycles. The second-order valence-electron chi connectivity index (χ2n) is 15.8. The van der Waals surface area contributed by atoms with Crippen LogP contribution in [-0.4, -0.2) is 84.8 Å². The van der Waals surface area contributed by atoms with Crippen molar-refractivity contribution < 1.29 is 29.2 Å². The summed E-state index contributed by atoms with van der Waals surface area (Å²) in [7, 11) is 3.43. The second kappa shape index (κ2) is 14.2. The first-order chi connectivity index (χ1) is 24.4. The van der Waals surface area contributed by atoms with Crippen molar-refractivity contribution in [3.8, 4) is 23.0 Å². The molecule has 2 spiro atoms. The predicted molar refractivity (Wildman–Crippen MR) is 194 cm³/mol. The van der Waals surface area contributed by atoms with Gasteiger partial charge in [-0.2, -0.15) is 0 Å². The Morgan fingerprint density at radius 3 is 1.48 bits per heavy atom. The van der Waals surface area contributed by atoms with E-state index < -0.39 is 12.2 Å². The number of benzene rings is 2. The number of hydrogen-bond donors (Lipinski definition) is 2. The van der Waals surface area contributed by atoms with Gasteiger partial charge in [0.1, 0.15) is 12.2 Å². The van der Waals surface area contributed by atoms with Gasteiger partial charge in [-0.3, -0.25) is 9.80 Å². The largest absolute Gasteiger partial charge is 0.493 e. The second-order valence-corrected chi connectivity index (χ2v) is 15.8. The number of rotatable bonds is 13. The molecule has 0 amide bonds. The van der Waals surface area contributed by atoms with Crippen molar-refractivity contribution in [1.82, 2.24) is 9.80 Å². The van der Waals surface area contributed by atoms with Crippen LogP contribution in [0.3, 0.4) is 0 Å². The van der Waals surface area contributed by atoms with Crippen LogP contribution in [-0.2, 0) is 23.9 Å². The van der Waals surface area contributed by atoms with Gasteiger partial charge in [-0.05, 0) is 75.1 Å². The van der Waals surface area contributed by atoms with Gasteiger partial charge in [-0.15, -0.1) is 0 Å². The fourth-order valence-electron chi connectivity index (χ4n) is 10.1. The summed E-state index contributed by atoms with van der Waals surface area (Å²) in [5, 5.41) is 20.7. The summed E-state index contributed by atoms with van der Waals surface area (Å²) in [5.41, 5.74) is 4.98. The Morgan fingerprint density at radius 1 is 0.640 bits per heavy atom. The molecule has 0 radical (unpaired) electrons. The number of unbranched alkanes of at least 4 members (excludes halogenated alkanes) is 7. The van der Waals surface area contributed by atoms with Gasteiger partial charge in [0.15, 0.2) is 23.0 Å². The van der Waals surface area contributed by atoms with E-state index in [0.717, 1.165) is 75.1 Å². The highest BCUT2D eigenvalue weighted by Crippen LogP contribution is 2.57.